The first kappa shape index (κ1) is 13.4. The van der Waals surface area contributed by atoms with Crippen molar-refractivity contribution in [1.29, 1.82) is 0 Å². The molecule has 0 aliphatic rings. The van der Waals surface area contributed by atoms with Crippen LogP contribution in [0.25, 0.3) is 12.2 Å². The van der Waals surface area contributed by atoms with E-state index in [4.69, 9.17) is 16.7 Å². The zero-order chi connectivity index (χ0) is 13.8. The van der Waals surface area contributed by atoms with Gasteiger partial charge in [0.15, 0.2) is 0 Å². The highest BCUT2D eigenvalue weighted by Gasteiger charge is 2.07. The minimum absolute atomic E-state index is 0.295. The van der Waals surface area contributed by atoms with Gasteiger partial charge in [-0.1, -0.05) is 53.6 Å². The molecule has 0 spiro atoms. The number of aromatic carboxylic acids is 1. The van der Waals surface area contributed by atoms with Gasteiger partial charge in [-0.25, -0.2) is 4.79 Å². The van der Waals surface area contributed by atoms with Gasteiger partial charge >= 0.3 is 5.97 Å². The van der Waals surface area contributed by atoms with Crippen molar-refractivity contribution in [2.24, 2.45) is 0 Å². The number of hydrogen-bond donors (Lipinski definition) is 1. The SMILES string of the molecule is Cc1ccc(C(=O)O)c(/C=C/c2cccc(Cl)c2)c1. The number of hydrogen-bond acceptors (Lipinski definition) is 1. The molecule has 0 radical (unpaired) electrons. The number of carboxylic acid groups (broad SMARTS) is 1. The van der Waals surface area contributed by atoms with E-state index in [-0.39, 0.29) is 0 Å². The molecule has 2 nitrogen and oxygen atoms in total. The highest BCUT2D eigenvalue weighted by molar-refractivity contribution is 6.30. The predicted octanol–water partition coefficient (Wildman–Crippen LogP) is 4.52. The summed E-state index contributed by atoms with van der Waals surface area (Å²) < 4.78 is 0. The van der Waals surface area contributed by atoms with E-state index in [1.165, 1.54) is 0 Å². The quantitative estimate of drug-likeness (QED) is 0.834. The lowest BCUT2D eigenvalue weighted by atomic mass is 10.0. The van der Waals surface area contributed by atoms with E-state index in [2.05, 4.69) is 0 Å². The van der Waals surface area contributed by atoms with Crippen LogP contribution in [0, 0.1) is 6.92 Å². The Bertz CT molecular complexity index is 645. The summed E-state index contributed by atoms with van der Waals surface area (Å²) in [6, 6.07) is 12.7. The third-order valence-corrected chi connectivity index (χ3v) is 2.98. The van der Waals surface area contributed by atoms with Gasteiger partial charge in [-0.3, -0.25) is 0 Å². The zero-order valence-electron chi connectivity index (χ0n) is 10.4. The maximum Gasteiger partial charge on any atom is 0.336 e. The van der Waals surface area contributed by atoms with E-state index < -0.39 is 5.97 Å². The Morgan fingerprint density at radius 2 is 1.95 bits per heavy atom. The molecule has 0 aliphatic carbocycles. The van der Waals surface area contributed by atoms with Crippen molar-refractivity contribution in [3.8, 4) is 0 Å². The van der Waals surface area contributed by atoms with Gasteiger partial charge in [0.25, 0.3) is 0 Å². The largest absolute Gasteiger partial charge is 0.478 e. The zero-order valence-corrected chi connectivity index (χ0v) is 11.2. The van der Waals surface area contributed by atoms with Crippen molar-refractivity contribution < 1.29 is 9.90 Å². The smallest absolute Gasteiger partial charge is 0.336 e. The second-order valence-corrected chi connectivity index (χ2v) is 4.72. The highest BCUT2D eigenvalue weighted by atomic mass is 35.5. The maximum atomic E-state index is 11.1. The molecule has 0 fully saturated rings. The minimum atomic E-state index is -0.925. The van der Waals surface area contributed by atoms with Crippen LogP contribution in [0.3, 0.4) is 0 Å². The molecule has 96 valence electrons. The summed E-state index contributed by atoms with van der Waals surface area (Å²) in [5, 5.41) is 9.80. The summed E-state index contributed by atoms with van der Waals surface area (Å²) in [6.45, 7) is 1.93. The van der Waals surface area contributed by atoms with E-state index in [0.717, 1.165) is 11.1 Å². The molecule has 1 N–H and O–H groups in total. The van der Waals surface area contributed by atoms with Gasteiger partial charge in [0, 0.05) is 5.02 Å². The molecular formula is C16H13ClO2. The molecule has 2 aromatic rings. The molecule has 0 heterocycles. The molecule has 2 aromatic carbocycles. The topological polar surface area (TPSA) is 37.3 Å². The van der Waals surface area contributed by atoms with Gasteiger partial charge in [0.1, 0.15) is 0 Å². The average molecular weight is 273 g/mol. The Hall–Kier alpha value is -2.06. The molecule has 3 heteroatoms. The number of halogens is 1. The second kappa shape index (κ2) is 5.72. The number of carbonyl (C=O) groups is 1. The third kappa shape index (κ3) is 3.46. The Morgan fingerprint density at radius 1 is 1.16 bits per heavy atom. The van der Waals surface area contributed by atoms with E-state index in [1.807, 2.05) is 37.3 Å². The first-order valence-electron chi connectivity index (χ1n) is 5.84. The van der Waals surface area contributed by atoms with Gasteiger partial charge in [-0.2, -0.15) is 0 Å². The van der Waals surface area contributed by atoms with E-state index in [9.17, 15) is 4.79 Å². The summed E-state index contributed by atoms with van der Waals surface area (Å²) >= 11 is 5.91. The van der Waals surface area contributed by atoms with E-state index in [1.54, 1.807) is 24.3 Å². The molecule has 0 aromatic heterocycles. The molecule has 0 bridgehead atoms. The summed E-state index contributed by atoms with van der Waals surface area (Å²) in [4.78, 5) is 11.1. The van der Waals surface area contributed by atoms with E-state index >= 15 is 0 Å². The monoisotopic (exact) mass is 272 g/mol. The van der Waals surface area contributed by atoms with Crippen LogP contribution in [0.15, 0.2) is 42.5 Å². The second-order valence-electron chi connectivity index (χ2n) is 4.28. The standard InChI is InChI=1S/C16H13ClO2/c1-11-5-8-15(16(18)19)13(9-11)7-6-12-3-2-4-14(17)10-12/h2-10H,1H3,(H,18,19)/b7-6+. The summed E-state index contributed by atoms with van der Waals surface area (Å²) in [5.74, 6) is -0.925. The van der Waals surface area contributed by atoms with Gasteiger partial charge in [-0.15, -0.1) is 0 Å². The fourth-order valence-electron chi connectivity index (χ4n) is 1.81. The first-order chi connectivity index (χ1) is 9.06. The van der Waals surface area contributed by atoms with Gasteiger partial charge in [-0.05, 0) is 36.2 Å². The lowest BCUT2D eigenvalue weighted by Crippen LogP contribution is -1.99. The number of carboxylic acids is 1. The molecule has 0 saturated heterocycles. The van der Waals surface area contributed by atoms with Crippen LogP contribution in [0.5, 0.6) is 0 Å². The van der Waals surface area contributed by atoms with Gasteiger partial charge in [0.05, 0.1) is 5.56 Å². The van der Waals surface area contributed by atoms with Crippen LogP contribution in [-0.2, 0) is 0 Å². The molecule has 0 aliphatic heterocycles. The van der Waals surface area contributed by atoms with Crippen molar-refractivity contribution in [1.82, 2.24) is 0 Å². The van der Waals surface area contributed by atoms with Crippen LogP contribution < -0.4 is 0 Å². The molecular weight excluding hydrogens is 260 g/mol. The van der Waals surface area contributed by atoms with Crippen molar-refractivity contribution in [3.05, 3.63) is 69.7 Å². The van der Waals surface area contributed by atoms with Crippen LogP contribution in [0.4, 0.5) is 0 Å². The number of benzene rings is 2. The van der Waals surface area contributed by atoms with Crippen LogP contribution >= 0.6 is 11.6 Å². The van der Waals surface area contributed by atoms with Crippen LogP contribution in [-0.4, -0.2) is 11.1 Å². The number of rotatable bonds is 3. The van der Waals surface area contributed by atoms with Crippen molar-refractivity contribution >= 4 is 29.7 Å². The Kier molecular flexibility index (Phi) is 4.03. The Labute approximate surface area is 117 Å². The van der Waals surface area contributed by atoms with Crippen molar-refractivity contribution in [3.63, 3.8) is 0 Å². The van der Waals surface area contributed by atoms with Crippen LogP contribution in [0.2, 0.25) is 5.02 Å². The first-order valence-corrected chi connectivity index (χ1v) is 6.21. The highest BCUT2D eigenvalue weighted by Crippen LogP contribution is 2.17. The van der Waals surface area contributed by atoms with Crippen molar-refractivity contribution in [2.45, 2.75) is 6.92 Å². The normalized spacial score (nSPS) is 10.8. The third-order valence-electron chi connectivity index (χ3n) is 2.74. The average Bonchev–Trinajstić information content (AvgIpc) is 2.36. The Balaban J connectivity index is 2.37. The molecule has 0 unspecified atom stereocenters. The molecule has 19 heavy (non-hydrogen) atoms. The molecule has 0 amide bonds. The Morgan fingerprint density at radius 3 is 2.63 bits per heavy atom. The van der Waals surface area contributed by atoms with Crippen LogP contribution in [0.1, 0.15) is 27.0 Å². The van der Waals surface area contributed by atoms with Crippen molar-refractivity contribution in [2.75, 3.05) is 0 Å². The fraction of sp³-hybridized carbons (Fsp3) is 0.0625. The maximum absolute atomic E-state index is 11.1. The summed E-state index contributed by atoms with van der Waals surface area (Å²) in [6.07, 6.45) is 3.65. The molecule has 0 atom stereocenters. The molecule has 0 saturated carbocycles. The summed E-state index contributed by atoms with van der Waals surface area (Å²) in [7, 11) is 0. The number of aryl methyl sites for hydroxylation is 1. The minimum Gasteiger partial charge on any atom is -0.478 e. The lowest BCUT2D eigenvalue weighted by molar-refractivity contribution is 0.0696. The predicted molar refractivity (Wildman–Crippen MR) is 78.5 cm³/mol. The van der Waals surface area contributed by atoms with E-state index in [0.29, 0.717) is 16.1 Å². The lowest BCUT2D eigenvalue weighted by Gasteiger charge is -2.03. The summed E-state index contributed by atoms with van der Waals surface area (Å²) in [5.41, 5.74) is 2.94. The van der Waals surface area contributed by atoms with Gasteiger partial charge < -0.3 is 5.11 Å². The molecule has 2 rings (SSSR count). The fourth-order valence-corrected chi connectivity index (χ4v) is 2.01. The van der Waals surface area contributed by atoms with Gasteiger partial charge in [0.2, 0.25) is 0 Å².